The molecule has 6 heteroatoms. The van der Waals surface area contributed by atoms with E-state index < -0.39 is 0 Å². The monoisotopic (exact) mass is 411 g/mol. The van der Waals surface area contributed by atoms with Gasteiger partial charge in [-0.25, -0.2) is 4.98 Å². The molecule has 0 atom stereocenters. The Morgan fingerprint density at radius 3 is 3.00 bits per heavy atom. The molecule has 0 unspecified atom stereocenters. The van der Waals surface area contributed by atoms with Crippen molar-refractivity contribution in [1.29, 1.82) is 5.26 Å². The number of aryl methyl sites for hydroxylation is 2. The Kier molecular flexibility index (Phi) is 4.28. The minimum Gasteiger partial charge on any atom is -0.305 e. The molecule has 3 aromatic rings. The Bertz CT molecular complexity index is 1100. The minimum atomic E-state index is -0.144. The van der Waals surface area contributed by atoms with E-state index in [1.165, 1.54) is 4.88 Å². The van der Waals surface area contributed by atoms with Gasteiger partial charge in [0.2, 0.25) is 0 Å². The van der Waals surface area contributed by atoms with Gasteiger partial charge in [-0.2, -0.15) is 5.26 Å². The van der Waals surface area contributed by atoms with Crippen LogP contribution in [0.3, 0.4) is 0 Å². The maximum absolute atomic E-state index is 12.6. The first-order valence-corrected chi connectivity index (χ1v) is 9.69. The highest BCUT2D eigenvalue weighted by Gasteiger charge is 2.20. The molecule has 0 saturated heterocycles. The number of hydrogen-bond donors (Lipinski definition) is 1. The molecule has 2 heterocycles. The van der Waals surface area contributed by atoms with Crippen molar-refractivity contribution in [3.05, 3.63) is 60.9 Å². The standard InChI is InChI=1S/C19H14BrN3OS/c20-13-5-3-4-11(9-13)8-12(10-21)17-22-18(24)16-14-6-1-2-7-15(14)25-19(16)23-17/h3-5,8-9H,1-2,6-7H2,(H,22,23,24)/b12-8+. The van der Waals surface area contributed by atoms with Crippen LogP contribution in [-0.2, 0) is 12.8 Å². The number of halogens is 1. The average molecular weight is 412 g/mol. The molecule has 0 fully saturated rings. The molecule has 124 valence electrons. The van der Waals surface area contributed by atoms with Gasteiger partial charge in [-0.3, -0.25) is 4.79 Å². The molecule has 0 saturated carbocycles. The van der Waals surface area contributed by atoms with E-state index in [9.17, 15) is 10.1 Å². The summed E-state index contributed by atoms with van der Waals surface area (Å²) in [5.74, 6) is 0.332. The van der Waals surface area contributed by atoms with Gasteiger partial charge in [-0.05, 0) is 55.0 Å². The minimum absolute atomic E-state index is 0.144. The fourth-order valence-corrected chi connectivity index (χ4v) is 4.89. The lowest BCUT2D eigenvalue weighted by Gasteiger charge is -2.09. The highest BCUT2D eigenvalue weighted by Crippen LogP contribution is 2.34. The van der Waals surface area contributed by atoms with E-state index in [0.29, 0.717) is 16.8 Å². The fourth-order valence-electron chi connectivity index (χ4n) is 3.21. The molecule has 0 aliphatic heterocycles. The van der Waals surface area contributed by atoms with E-state index in [-0.39, 0.29) is 5.56 Å². The molecule has 0 bridgehead atoms. The Labute approximate surface area is 157 Å². The molecule has 1 aliphatic carbocycles. The number of allylic oxidation sites excluding steroid dienone is 1. The number of nitrogens with one attached hydrogen (secondary N) is 1. The molecule has 1 aromatic carbocycles. The van der Waals surface area contributed by atoms with Gasteiger partial charge >= 0.3 is 0 Å². The summed E-state index contributed by atoms with van der Waals surface area (Å²) in [4.78, 5) is 22.0. The molecule has 4 rings (SSSR count). The van der Waals surface area contributed by atoms with E-state index >= 15 is 0 Å². The zero-order valence-corrected chi connectivity index (χ0v) is 15.7. The summed E-state index contributed by atoms with van der Waals surface area (Å²) in [5, 5.41) is 10.3. The normalized spacial score (nSPS) is 14.3. The van der Waals surface area contributed by atoms with Crippen molar-refractivity contribution in [2.24, 2.45) is 0 Å². The van der Waals surface area contributed by atoms with Crippen LogP contribution in [0.2, 0.25) is 0 Å². The summed E-state index contributed by atoms with van der Waals surface area (Å²) in [6.45, 7) is 0. The van der Waals surface area contributed by atoms with Crippen molar-refractivity contribution in [3.8, 4) is 6.07 Å². The van der Waals surface area contributed by atoms with Gasteiger partial charge in [0.15, 0.2) is 5.82 Å². The number of nitriles is 1. The fraction of sp³-hybridized carbons (Fsp3) is 0.211. The van der Waals surface area contributed by atoms with Crippen LogP contribution < -0.4 is 5.56 Å². The molecule has 1 aliphatic rings. The second-order valence-corrected chi connectivity index (χ2v) is 8.03. The summed E-state index contributed by atoms with van der Waals surface area (Å²) < 4.78 is 0.932. The number of aromatic nitrogens is 2. The first-order valence-electron chi connectivity index (χ1n) is 8.08. The van der Waals surface area contributed by atoms with Gasteiger partial charge in [-0.15, -0.1) is 11.3 Å². The lowest BCUT2D eigenvalue weighted by molar-refractivity contribution is 0.700. The van der Waals surface area contributed by atoms with E-state index in [1.54, 1.807) is 17.4 Å². The number of benzene rings is 1. The van der Waals surface area contributed by atoms with E-state index in [2.05, 4.69) is 32.0 Å². The van der Waals surface area contributed by atoms with Crippen LogP contribution in [-0.4, -0.2) is 9.97 Å². The van der Waals surface area contributed by atoms with E-state index in [0.717, 1.165) is 46.1 Å². The first-order chi connectivity index (χ1) is 12.2. The smallest absolute Gasteiger partial charge is 0.260 e. The Balaban J connectivity index is 1.86. The zero-order chi connectivity index (χ0) is 17.4. The quantitative estimate of drug-likeness (QED) is 0.621. The third kappa shape index (κ3) is 3.06. The SMILES string of the molecule is N#C/C(=C\c1cccc(Br)c1)c1nc2sc3c(c2c(=O)[nH]1)CCCC3. The predicted octanol–water partition coefficient (Wildman–Crippen LogP) is 4.69. The first kappa shape index (κ1) is 16.2. The van der Waals surface area contributed by atoms with Crippen molar-refractivity contribution >= 4 is 49.1 Å². The van der Waals surface area contributed by atoms with Crippen molar-refractivity contribution in [3.63, 3.8) is 0 Å². The lowest BCUT2D eigenvalue weighted by Crippen LogP contribution is -2.12. The maximum atomic E-state index is 12.6. The summed E-state index contributed by atoms with van der Waals surface area (Å²) in [7, 11) is 0. The van der Waals surface area contributed by atoms with Crippen LogP contribution in [0.5, 0.6) is 0 Å². The van der Waals surface area contributed by atoms with Crippen LogP contribution in [0.4, 0.5) is 0 Å². The highest BCUT2D eigenvalue weighted by atomic mass is 79.9. The maximum Gasteiger partial charge on any atom is 0.260 e. The molecule has 0 radical (unpaired) electrons. The lowest BCUT2D eigenvalue weighted by atomic mass is 9.97. The van der Waals surface area contributed by atoms with E-state index in [4.69, 9.17) is 0 Å². The second-order valence-electron chi connectivity index (χ2n) is 6.03. The number of thiophene rings is 1. The van der Waals surface area contributed by atoms with Crippen molar-refractivity contribution in [1.82, 2.24) is 9.97 Å². The second kappa shape index (κ2) is 6.58. The molecule has 0 spiro atoms. The van der Waals surface area contributed by atoms with Crippen LogP contribution in [0.25, 0.3) is 21.9 Å². The predicted molar refractivity (Wildman–Crippen MR) is 105 cm³/mol. The van der Waals surface area contributed by atoms with Gasteiger partial charge < -0.3 is 4.98 Å². The van der Waals surface area contributed by atoms with Gasteiger partial charge in [0.1, 0.15) is 10.9 Å². The zero-order valence-electron chi connectivity index (χ0n) is 13.3. The number of aromatic amines is 1. The Morgan fingerprint density at radius 2 is 2.20 bits per heavy atom. The van der Waals surface area contributed by atoms with Crippen molar-refractivity contribution < 1.29 is 0 Å². The van der Waals surface area contributed by atoms with Crippen LogP contribution in [0, 0.1) is 11.3 Å². The molecular weight excluding hydrogens is 398 g/mol. The number of nitrogens with zero attached hydrogens (tertiary/aromatic N) is 2. The van der Waals surface area contributed by atoms with Gasteiger partial charge in [0.25, 0.3) is 5.56 Å². The summed E-state index contributed by atoms with van der Waals surface area (Å²) >= 11 is 5.01. The van der Waals surface area contributed by atoms with Crippen LogP contribution in [0.15, 0.2) is 33.5 Å². The third-order valence-electron chi connectivity index (χ3n) is 4.36. The molecule has 1 N–H and O–H groups in total. The van der Waals surface area contributed by atoms with Crippen molar-refractivity contribution in [2.45, 2.75) is 25.7 Å². The van der Waals surface area contributed by atoms with E-state index in [1.807, 2.05) is 24.3 Å². The van der Waals surface area contributed by atoms with Gasteiger partial charge in [-0.1, -0.05) is 28.1 Å². The number of fused-ring (bicyclic) bond motifs is 3. The van der Waals surface area contributed by atoms with Crippen LogP contribution >= 0.6 is 27.3 Å². The molecule has 0 amide bonds. The number of rotatable bonds is 2. The van der Waals surface area contributed by atoms with Crippen molar-refractivity contribution in [2.75, 3.05) is 0 Å². The highest BCUT2D eigenvalue weighted by molar-refractivity contribution is 9.10. The van der Waals surface area contributed by atoms with Gasteiger partial charge in [0, 0.05) is 9.35 Å². The molecule has 4 nitrogen and oxygen atoms in total. The van der Waals surface area contributed by atoms with Crippen LogP contribution in [0.1, 0.15) is 34.7 Å². The molecule has 25 heavy (non-hydrogen) atoms. The molecular formula is C19H14BrN3OS. The average Bonchev–Trinajstić information content (AvgIpc) is 2.98. The number of H-pyrrole nitrogens is 1. The largest absolute Gasteiger partial charge is 0.305 e. The third-order valence-corrected chi connectivity index (χ3v) is 6.04. The molecule has 2 aromatic heterocycles. The van der Waals surface area contributed by atoms with Gasteiger partial charge in [0.05, 0.1) is 11.0 Å². The Hall–Kier alpha value is -2.23. The summed E-state index contributed by atoms with van der Waals surface area (Å²) in [5.41, 5.74) is 2.23. The summed E-state index contributed by atoms with van der Waals surface area (Å²) in [6.07, 6.45) is 5.98. The Morgan fingerprint density at radius 1 is 1.36 bits per heavy atom. The summed E-state index contributed by atoms with van der Waals surface area (Å²) in [6, 6.07) is 9.80. The topological polar surface area (TPSA) is 69.5 Å². The number of hydrogen-bond acceptors (Lipinski definition) is 4.